The summed E-state index contributed by atoms with van der Waals surface area (Å²) in [6.07, 6.45) is -1.80. The average molecular weight is 261 g/mol. The number of carboxylic acid groups (broad SMARTS) is 2. The molecule has 104 valence electrons. The van der Waals surface area contributed by atoms with Gasteiger partial charge in [0.25, 0.3) is 0 Å². The van der Waals surface area contributed by atoms with Crippen LogP contribution in [0.5, 0.6) is 0 Å². The van der Waals surface area contributed by atoms with Crippen molar-refractivity contribution in [1.29, 1.82) is 0 Å². The summed E-state index contributed by atoms with van der Waals surface area (Å²) in [5, 5.41) is 19.0. The monoisotopic (exact) mass is 261 g/mol. The Morgan fingerprint density at radius 2 is 1.78 bits per heavy atom. The lowest BCUT2D eigenvalue weighted by atomic mass is 10.2. The highest BCUT2D eigenvalue weighted by molar-refractivity contribution is 5.77. The minimum Gasteiger partial charge on any atom is -0.550 e. The van der Waals surface area contributed by atoms with Crippen LogP contribution in [0.25, 0.3) is 0 Å². The van der Waals surface area contributed by atoms with E-state index in [-0.39, 0.29) is 12.8 Å². The quantitative estimate of drug-likeness (QED) is 0.426. The Hall–Kier alpha value is -1.63. The molecule has 0 radical (unpaired) electrons. The fourth-order valence-corrected chi connectivity index (χ4v) is 1.39. The molecule has 18 heavy (non-hydrogen) atoms. The van der Waals surface area contributed by atoms with Gasteiger partial charge in [-0.15, -0.1) is 0 Å². The third-order valence-corrected chi connectivity index (χ3v) is 1.99. The van der Waals surface area contributed by atoms with Crippen molar-refractivity contribution in [3.63, 3.8) is 0 Å². The first-order chi connectivity index (χ1) is 8.10. The molecular weight excluding hydrogens is 242 g/mol. The van der Waals surface area contributed by atoms with Crippen molar-refractivity contribution in [3.8, 4) is 0 Å². The zero-order valence-corrected chi connectivity index (χ0v) is 10.8. The maximum absolute atomic E-state index is 11.3. The fourth-order valence-electron chi connectivity index (χ4n) is 1.39. The molecule has 0 aliphatic heterocycles. The molecule has 0 aromatic rings. The lowest BCUT2D eigenvalue weighted by Gasteiger charge is -2.29. The summed E-state index contributed by atoms with van der Waals surface area (Å²) in [5.74, 6) is -3.12. The largest absolute Gasteiger partial charge is 0.550 e. The Morgan fingerprint density at radius 1 is 1.22 bits per heavy atom. The van der Waals surface area contributed by atoms with Gasteiger partial charge in [0.15, 0.2) is 6.10 Å². The molecule has 1 atom stereocenters. The van der Waals surface area contributed by atoms with Crippen molar-refractivity contribution in [2.45, 2.75) is 25.4 Å². The van der Waals surface area contributed by atoms with E-state index in [9.17, 15) is 19.5 Å². The second-order valence-electron chi connectivity index (χ2n) is 5.05. The third kappa shape index (κ3) is 9.59. The summed E-state index contributed by atoms with van der Waals surface area (Å²) in [5.41, 5.74) is 0. The minimum absolute atomic E-state index is 0.268. The number of nitrogens with zero attached hydrogens (tertiary/aromatic N) is 1. The van der Waals surface area contributed by atoms with Gasteiger partial charge in [-0.1, -0.05) is 0 Å². The molecule has 0 amide bonds. The third-order valence-electron chi connectivity index (χ3n) is 1.99. The molecule has 0 aliphatic rings. The fraction of sp³-hybridized carbons (Fsp3) is 0.727. The SMILES string of the molecule is C[N+](C)(C)CC(CC(=O)[O-])OC(=O)CCC(=O)O. The van der Waals surface area contributed by atoms with E-state index in [1.54, 1.807) is 0 Å². The van der Waals surface area contributed by atoms with E-state index >= 15 is 0 Å². The number of likely N-dealkylation sites (N-methyl/N-ethyl adjacent to an activating group) is 1. The van der Waals surface area contributed by atoms with Gasteiger partial charge in [-0.2, -0.15) is 0 Å². The van der Waals surface area contributed by atoms with Crippen molar-refractivity contribution >= 4 is 17.9 Å². The highest BCUT2D eigenvalue weighted by atomic mass is 16.5. The first-order valence-corrected chi connectivity index (χ1v) is 5.51. The molecule has 0 saturated carbocycles. The van der Waals surface area contributed by atoms with Gasteiger partial charge in [-0.3, -0.25) is 9.59 Å². The molecule has 0 saturated heterocycles. The van der Waals surface area contributed by atoms with Crippen LogP contribution >= 0.6 is 0 Å². The van der Waals surface area contributed by atoms with Crippen LogP contribution in [0.1, 0.15) is 19.3 Å². The summed E-state index contributed by atoms with van der Waals surface area (Å²) >= 11 is 0. The zero-order valence-electron chi connectivity index (χ0n) is 10.8. The van der Waals surface area contributed by atoms with Crippen molar-refractivity contribution < 1.29 is 33.8 Å². The van der Waals surface area contributed by atoms with E-state index in [0.29, 0.717) is 11.0 Å². The van der Waals surface area contributed by atoms with Gasteiger partial charge in [0, 0.05) is 12.4 Å². The van der Waals surface area contributed by atoms with Gasteiger partial charge in [0.1, 0.15) is 6.54 Å². The molecule has 0 spiro atoms. The molecule has 0 aromatic carbocycles. The van der Waals surface area contributed by atoms with Crippen molar-refractivity contribution in [2.75, 3.05) is 27.7 Å². The van der Waals surface area contributed by atoms with Crippen molar-refractivity contribution in [3.05, 3.63) is 0 Å². The predicted octanol–water partition coefficient (Wildman–Crippen LogP) is -1.39. The number of esters is 1. The van der Waals surface area contributed by atoms with Gasteiger partial charge in [-0.25, -0.2) is 0 Å². The maximum Gasteiger partial charge on any atom is 0.306 e. The first kappa shape index (κ1) is 16.4. The van der Waals surface area contributed by atoms with E-state index in [4.69, 9.17) is 9.84 Å². The zero-order chi connectivity index (χ0) is 14.3. The lowest BCUT2D eigenvalue weighted by molar-refractivity contribution is -0.873. The van der Waals surface area contributed by atoms with Crippen LogP contribution in [-0.2, 0) is 19.1 Å². The predicted molar refractivity (Wildman–Crippen MR) is 59.3 cm³/mol. The molecule has 0 fully saturated rings. The number of ether oxygens (including phenoxy) is 1. The summed E-state index contributed by atoms with van der Waals surface area (Å²) < 4.78 is 5.37. The number of carboxylic acids is 2. The van der Waals surface area contributed by atoms with Crippen LogP contribution in [0, 0.1) is 0 Å². The molecule has 7 nitrogen and oxygen atoms in total. The average Bonchev–Trinajstić information content (AvgIpc) is 2.10. The standard InChI is InChI=1S/C11H19NO6/c1-12(2,3)7-8(6-10(15)16)18-11(17)5-4-9(13)14/h8H,4-7H2,1-3H3,(H-,13,14,15,16). The second kappa shape index (κ2) is 6.95. The van der Waals surface area contributed by atoms with Crippen LogP contribution in [-0.4, -0.2) is 61.3 Å². The molecule has 1 N–H and O–H groups in total. The summed E-state index contributed by atoms with van der Waals surface area (Å²) in [6.45, 7) is 0.312. The normalized spacial score (nSPS) is 12.8. The maximum atomic E-state index is 11.3. The van der Waals surface area contributed by atoms with Gasteiger partial charge in [0.2, 0.25) is 0 Å². The van der Waals surface area contributed by atoms with Gasteiger partial charge in [-0.05, 0) is 0 Å². The Kier molecular flexibility index (Phi) is 6.32. The number of rotatable bonds is 8. The van der Waals surface area contributed by atoms with Crippen LogP contribution in [0.4, 0.5) is 0 Å². The Labute approximate surface area is 106 Å². The van der Waals surface area contributed by atoms with E-state index < -0.39 is 30.4 Å². The Morgan fingerprint density at radius 3 is 2.17 bits per heavy atom. The molecule has 1 unspecified atom stereocenters. The molecule has 0 rings (SSSR count). The first-order valence-electron chi connectivity index (χ1n) is 5.51. The number of quaternary nitrogens is 1. The van der Waals surface area contributed by atoms with Crippen LogP contribution in [0.3, 0.4) is 0 Å². The van der Waals surface area contributed by atoms with Crippen LogP contribution < -0.4 is 5.11 Å². The van der Waals surface area contributed by atoms with Crippen molar-refractivity contribution in [2.24, 2.45) is 0 Å². The Balaban J connectivity index is 4.35. The summed E-state index contributed by atoms with van der Waals surface area (Å²) in [6, 6.07) is 0. The molecule has 7 heteroatoms. The number of carbonyl (C=O) groups excluding carboxylic acids is 2. The number of hydrogen-bond donors (Lipinski definition) is 1. The van der Waals surface area contributed by atoms with Gasteiger partial charge >= 0.3 is 11.9 Å². The minimum atomic E-state index is -1.31. The molecular formula is C11H19NO6. The van der Waals surface area contributed by atoms with Crippen LogP contribution in [0.2, 0.25) is 0 Å². The highest BCUT2D eigenvalue weighted by Crippen LogP contribution is 2.06. The molecule has 0 bridgehead atoms. The highest BCUT2D eigenvalue weighted by Gasteiger charge is 2.22. The topological polar surface area (TPSA) is 104 Å². The summed E-state index contributed by atoms with van der Waals surface area (Å²) in [4.78, 5) is 32.1. The van der Waals surface area contributed by atoms with Gasteiger partial charge < -0.3 is 24.2 Å². The van der Waals surface area contributed by atoms with E-state index in [1.165, 1.54) is 0 Å². The second-order valence-corrected chi connectivity index (χ2v) is 5.05. The lowest BCUT2D eigenvalue weighted by Crippen LogP contribution is -2.45. The number of carbonyl (C=O) groups is 3. The smallest absolute Gasteiger partial charge is 0.306 e. The molecule has 0 aliphatic carbocycles. The van der Waals surface area contributed by atoms with E-state index in [2.05, 4.69) is 0 Å². The van der Waals surface area contributed by atoms with E-state index in [1.807, 2.05) is 21.1 Å². The molecule has 0 heterocycles. The van der Waals surface area contributed by atoms with Gasteiger partial charge in [0.05, 0.1) is 34.0 Å². The van der Waals surface area contributed by atoms with Crippen LogP contribution in [0.15, 0.2) is 0 Å². The van der Waals surface area contributed by atoms with Crippen molar-refractivity contribution in [1.82, 2.24) is 0 Å². The van der Waals surface area contributed by atoms with E-state index in [0.717, 1.165) is 0 Å². The number of aliphatic carboxylic acids is 2. The number of hydrogen-bond acceptors (Lipinski definition) is 5. The summed E-state index contributed by atoms with van der Waals surface area (Å²) in [7, 11) is 5.48. The Bertz CT molecular complexity index is 320. The molecule has 0 aromatic heterocycles.